The summed E-state index contributed by atoms with van der Waals surface area (Å²) in [5.74, 6) is 0.166. The maximum absolute atomic E-state index is 13.4. The van der Waals surface area contributed by atoms with Gasteiger partial charge in [0.1, 0.15) is 11.5 Å². The average Bonchev–Trinajstić information content (AvgIpc) is 3.16. The molecule has 4 rings (SSSR count). The van der Waals surface area contributed by atoms with Gasteiger partial charge in [-0.3, -0.25) is 9.71 Å². The summed E-state index contributed by atoms with van der Waals surface area (Å²) in [6.07, 6.45) is -1.24. The number of anilines is 1. The monoisotopic (exact) mass is 442 g/mol. The second-order valence-corrected chi connectivity index (χ2v) is 9.03. The highest BCUT2D eigenvalue weighted by Crippen LogP contribution is 2.29. The average molecular weight is 442 g/mol. The Labute approximate surface area is 178 Å². The van der Waals surface area contributed by atoms with Gasteiger partial charge in [-0.2, -0.15) is 5.10 Å². The fourth-order valence-corrected chi connectivity index (χ4v) is 4.30. The van der Waals surface area contributed by atoms with Crippen LogP contribution >= 0.6 is 0 Å². The Morgan fingerprint density at radius 3 is 2.42 bits per heavy atom. The van der Waals surface area contributed by atoms with Gasteiger partial charge in [0.15, 0.2) is 0 Å². The predicted octanol–water partition coefficient (Wildman–Crippen LogP) is 5.28. The van der Waals surface area contributed by atoms with E-state index >= 15 is 0 Å². The van der Waals surface area contributed by atoms with E-state index in [4.69, 9.17) is 0 Å². The molecular formula is C22H20F2N4O2S. The minimum Gasteiger partial charge on any atom is -0.263 e. The zero-order valence-corrected chi connectivity index (χ0v) is 17.6. The molecule has 0 saturated heterocycles. The van der Waals surface area contributed by atoms with Crippen molar-refractivity contribution >= 4 is 26.7 Å². The molecule has 1 N–H and O–H groups in total. The standard InChI is InChI=1S/C22H20F2N4O2S/c1-14(2)15-8-10-16(11-9-15)31(29,30)27-21-13-19(22(23)24)26-28(21)20-7-3-6-18-17(20)5-4-12-25-18/h3-14,22,27H,1-2H3. The van der Waals surface area contributed by atoms with Crippen molar-refractivity contribution in [3.8, 4) is 5.69 Å². The highest BCUT2D eigenvalue weighted by atomic mass is 32.2. The van der Waals surface area contributed by atoms with E-state index in [1.807, 2.05) is 13.8 Å². The van der Waals surface area contributed by atoms with Crippen molar-refractivity contribution in [2.24, 2.45) is 0 Å². The van der Waals surface area contributed by atoms with Crippen LogP contribution < -0.4 is 4.72 Å². The molecule has 0 aliphatic heterocycles. The zero-order chi connectivity index (χ0) is 22.2. The second kappa shape index (κ2) is 8.07. The first-order valence-electron chi connectivity index (χ1n) is 9.61. The minimum absolute atomic E-state index is 0.0304. The predicted molar refractivity (Wildman–Crippen MR) is 115 cm³/mol. The molecule has 0 aliphatic carbocycles. The Morgan fingerprint density at radius 1 is 1.00 bits per heavy atom. The van der Waals surface area contributed by atoms with Gasteiger partial charge < -0.3 is 0 Å². The molecule has 31 heavy (non-hydrogen) atoms. The number of aromatic nitrogens is 3. The molecule has 0 unspecified atom stereocenters. The summed E-state index contributed by atoms with van der Waals surface area (Å²) >= 11 is 0. The molecule has 4 aromatic rings. The fourth-order valence-electron chi connectivity index (χ4n) is 3.26. The molecule has 0 saturated carbocycles. The summed E-state index contributed by atoms with van der Waals surface area (Å²) in [6, 6.07) is 16.1. The molecule has 0 atom stereocenters. The molecule has 6 nitrogen and oxygen atoms in total. The van der Waals surface area contributed by atoms with E-state index in [0.29, 0.717) is 16.6 Å². The lowest BCUT2D eigenvalue weighted by atomic mass is 10.0. The molecule has 9 heteroatoms. The van der Waals surface area contributed by atoms with Gasteiger partial charge in [0, 0.05) is 17.6 Å². The van der Waals surface area contributed by atoms with Crippen molar-refractivity contribution in [3.63, 3.8) is 0 Å². The van der Waals surface area contributed by atoms with E-state index in [2.05, 4.69) is 14.8 Å². The summed E-state index contributed by atoms with van der Waals surface area (Å²) in [4.78, 5) is 4.29. The fraction of sp³-hybridized carbons (Fsp3) is 0.182. The van der Waals surface area contributed by atoms with Crippen molar-refractivity contribution in [2.75, 3.05) is 4.72 Å². The molecule has 0 radical (unpaired) electrons. The summed E-state index contributed by atoms with van der Waals surface area (Å²) < 4.78 is 56.3. The third-order valence-electron chi connectivity index (χ3n) is 4.90. The van der Waals surface area contributed by atoms with Crippen LogP contribution in [-0.4, -0.2) is 23.2 Å². The van der Waals surface area contributed by atoms with Gasteiger partial charge in [-0.1, -0.05) is 32.0 Å². The number of rotatable bonds is 6. The Kier molecular flexibility index (Phi) is 5.45. The van der Waals surface area contributed by atoms with Crippen LogP contribution in [0.15, 0.2) is 71.8 Å². The van der Waals surface area contributed by atoms with Crippen LogP contribution in [0.1, 0.15) is 37.4 Å². The lowest BCUT2D eigenvalue weighted by Gasteiger charge is -2.13. The van der Waals surface area contributed by atoms with Crippen LogP contribution in [0.3, 0.4) is 0 Å². The van der Waals surface area contributed by atoms with E-state index in [0.717, 1.165) is 11.6 Å². The van der Waals surface area contributed by atoms with Crippen LogP contribution in [0.5, 0.6) is 0 Å². The number of pyridine rings is 1. The van der Waals surface area contributed by atoms with E-state index in [1.54, 1.807) is 48.7 Å². The Bertz CT molecular complexity index is 1330. The van der Waals surface area contributed by atoms with Crippen LogP contribution in [0, 0.1) is 0 Å². The van der Waals surface area contributed by atoms with Crippen LogP contribution in [0.25, 0.3) is 16.6 Å². The van der Waals surface area contributed by atoms with Gasteiger partial charge >= 0.3 is 0 Å². The first kappa shape index (κ1) is 20.9. The van der Waals surface area contributed by atoms with Crippen molar-refractivity contribution in [3.05, 3.63) is 78.1 Å². The smallest absolute Gasteiger partial charge is 0.263 e. The third kappa shape index (κ3) is 4.13. The van der Waals surface area contributed by atoms with Crippen LogP contribution in [-0.2, 0) is 10.0 Å². The molecule has 2 heterocycles. The van der Waals surface area contributed by atoms with Gasteiger partial charge in [0.05, 0.1) is 16.1 Å². The summed E-state index contributed by atoms with van der Waals surface area (Å²) in [5, 5.41) is 4.61. The van der Waals surface area contributed by atoms with Gasteiger partial charge in [0.2, 0.25) is 0 Å². The molecule has 0 aliphatic rings. The summed E-state index contributed by atoms with van der Waals surface area (Å²) in [7, 11) is -4.02. The number of nitrogens with one attached hydrogen (secondary N) is 1. The van der Waals surface area contributed by atoms with Crippen molar-refractivity contribution < 1.29 is 17.2 Å². The maximum atomic E-state index is 13.4. The van der Waals surface area contributed by atoms with Gasteiger partial charge in [-0.05, 0) is 47.9 Å². The topological polar surface area (TPSA) is 76.9 Å². The van der Waals surface area contributed by atoms with Crippen molar-refractivity contribution in [2.45, 2.75) is 31.1 Å². The number of sulfonamides is 1. The second-order valence-electron chi connectivity index (χ2n) is 7.34. The molecule has 0 amide bonds. The number of benzene rings is 2. The zero-order valence-electron chi connectivity index (χ0n) is 16.8. The first-order valence-corrected chi connectivity index (χ1v) is 11.1. The van der Waals surface area contributed by atoms with Crippen molar-refractivity contribution in [1.82, 2.24) is 14.8 Å². The highest BCUT2D eigenvalue weighted by Gasteiger charge is 2.22. The SMILES string of the molecule is CC(C)c1ccc(S(=O)(=O)Nc2cc(C(F)F)nn2-c2cccc3ncccc23)cc1. The number of hydrogen-bond donors (Lipinski definition) is 1. The molecule has 0 fully saturated rings. The van der Waals surface area contributed by atoms with Gasteiger partial charge in [-0.15, -0.1) is 0 Å². The summed E-state index contributed by atoms with van der Waals surface area (Å²) in [6.45, 7) is 4.01. The Hall–Kier alpha value is -3.33. The number of nitrogens with zero attached hydrogens (tertiary/aromatic N) is 3. The minimum atomic E-state index is -4.02. The highest BCUT2D eigenvalue weighted by molar-refractivity contribution is 7.92. The quantitative estimate of drug-likeness (QED) is 0.441. The molecule has 0 bridgehead atoms. The number of fused-ring (bicyclic) bond motifs is 1. The normalized spacial score (nSPS) is 12.1. The lowest BCUT2D eigenvalue weighted by molar-refractivity contribution is 0.145. The van der Waals surface area contributed by atoms with Crippen LogP contribution in [0.2, 0.25) is 0 Å². The number of hydrogen-bond acceptors (Lipinski definition) is 4. The van der Waals surface area contributed by atoms with E-state index in [1.165, 1.54) is 16.8 Å². The molecular weight excluding hydrogens is 422 g/mol. The van der Waals surface area contributed by atoms with Crippen molar-refractivity contribution in [1.29, 1.82) is 0 Å². The number of halogens is 2. The largest absolute Gasteiger partial charge is 0.282 e. The lowest BCUT2D eigenvalue weighted by Crippen LogP contribution is -2.16. The molecule has 2 aromatic heterocycles. The third-order valence-corrected chi connectivity index (χ3v) is 6.27. The molecule has 0 spiro atoms. The molecule has 160 valence electrons. The molecule has 2 aromatic carbocycles. The van der Waals surface area contributed by atoms with Gasteiger partial charge in [-0.25, -0.2) is 21.9 Å². The van der Waals surface area contributed by atoms with Gasteiger partial charge in [0.25, 0.3) is 16.4 Å². The maximum Gasteiger partial charge on any atom is 0.282 e. The summed E-state index contributed by atoms with van der Waals surface area (Å²) in [5.41, 5.74) is 1.53. The van der Waals surface area contributed by atoms with E-state index in [-0.39, 0.29) is 16.6 Å². The van der Waals surface area contributed by atoms with Crippen LogP contribution in [0.4, 0.5) is 14.6 Å². The van der Waals surface area contributed by atoms with E-state index < -0.39 is 22.1 Å². The Balaban J connectivity index is 1.80. The first-order chi connectivity index (χ1) is 14.8. The van der Waals surface area contributed by atoms with E-state index in [9.17, 15) is 17.2 Å². The number of alkyl halides is 2. The Morgan fingerprint density at radius 2 is 1.74 bits per heavy atom.